The zero-order chi connectivity index (χ0) is 26.0. The number of amides is 2. The molecule has 0 bridgehead atoms. The summed E-state index contributed by atoms with van der Waals surface area (Å²) in [4.78, 5) is 27.0. The van der Waals surface area contributed by atoms with Gasteiger partial charge in [-0.1, -0.05) is 0 Å². The highest BCUT2D eigenvalue weighted by Crippen LogP contribution is 2.37. The Hall–Kier alpha value is -1.97. The Bertz CT molecular complexity index is 896. The zero-order valence-corrected chi connectivity index (χ0v) is 22.2. The van der Waals surface area contributed by atoms with E-state index in [9.17, 15) is 19.8 Å². The fourth-order valence-electron chi connectivity index (χ4n) is 3.77. The molecule has 2 amide bonds. The van der Waals surface area contributed by atoms with Crippen LogP contribution in [0.1, 0.15) is 12.0 Å². The maximum absolute atomic E-state index is 12.8. The molecule has 0 heterocycles. The van der Waals surface area contributed by atoms with E-state index in [1.807, 2.05) is 22.6 Å². The Morgan fingerprint density at radius 2 is 1.94 bits per heavy atom. The molecule has 0 aromatic heterocycles. The molecular formula is C23H33IN2O9. The lowest BCUT2D eigenvalue weighted by atomic mass is 9.88. The Balaban J connectivity index is 2.47. The van der Waals surface area contributed by atoms with Crippen LogP contribution in [0, 0.1) is 3.57 Å². The van der Waals surface area contributed by atoms with Crippen molar-refractivity contribution in [1.82, 2.24) is 10.2 Å². The molecule has 1 aromatic carbocycles. The molecule has 3 atom stereocenters. The molecule has 4 N–H and O–H groups in total. The van der Waals surface area contributed by atoms with Gasteiger partial charge in [-0.3, -0.25) is 9.59 Å². The molecule has 1 aromatic rings. The first-order valence-corrected chi connectivity index (χ1v) is 12.1. The molecule has 0 saturated carbocycles. The van der Waals surface area contributed by atoms with Crippen molar-refractivity contribution in [3.63, 3.8) is 0 Å². The molecule has 35 heavy (non-hydrogen) atoms. The number of aliphatic hydroxyl groups excluding tert-OH is 3. The van der Waals surface area contributed by atoms with Crippen LogP contribution >= 0.6 is 22.6 Å². The summed E-state index contributed by atoms with van der Waals surface area (Å²) in [7, 11) is 4.35. The first-order valence-electron chi connectivity index (χ1n) is 11.0. The van der Waals surface area contributed by atoms with E-state index in [0.29, 0.717) is 26.2 Å². The number of carbonyl (C=O) groups is 2. The van der Waals surface area contributed by atoms with Gasteiger partial charge in [-0.25, -0.2) is 0 Å². The van der Waals surface area contributed by atoms with Gasteiger partial charge in [0.15, 0.2) is 11.5 Å². The summed E-state index contributed by atoms with van der Waals surface area (Å²) in [6.07, 6.45) is -0.625. The number of nitrogens with zero attached hydrogens (tertiary/aromatic N) is 1. The maximum Gasteiger partial charge on any atom is 0.248 e. The first kappa shape index (κ1) is 29.3. The van der Waals surface area contributed by atoms with E-state index in [1.165, 1.54) is 32.3 Å². The minimum Gasteiger partial charge on any atom is -0.493 e. The molecule has 0 spiro atoms. The lowest BCUT2D eigenvalue weighted by Gasteiger charge is -2.40. The second-order valence-corrected chi connectivity index (χ2v) is 8.96. The van der Waals surface area contributed by atoms with E-state index >= 15 is 0 Å². The number of carbonyl (C=O) groups excluding carboxylic acids is 2. The van der Waals surface area contributed by atoms with E-state index < -0.39 is 24.2 Å². The molecule has 196 valence electrons. The number of ether oxygens (including phenoxy) is 4. The van der Waals surface area contributed by atoms with Crippen molar-refractivity contribution in [3.05, 3.63) is 32.9 Å². The van der Waals surface area contributed by atoms with Gasteiger partial charge in [0.05, 0.1) is 36.5 Å². The van der Waals surface area contributed by atoms with Crippen molar-refractivity contribution in [3.8, 4) is 11.5 Å². The Morgan fingerprint density at radius 3 is 2.54 bits per heavy atom. The zero-order valence-electron chi connectivity index (χ0n) is 20.0. The van der Waals surface area contributed by atoms with Crippen molar-refractivity contribution in [2.75, 3.05) is 54.2 Å². The third-order valence-electron chi connectivity index (χ3n) is 5.46. The number of hydrogen-bond acceptors (Lipinski definition) is 9. The van der Waals surface area contributed by atoms with Gasteiger partial charge in [-0.15, -0.1) is 0 Å². The van der Waals surface area contributed by atoms with Gasteiger partial charge in [-0.05, 0) is 46.4 Å². The molecule has 1 aliphatic carbocycles. The molecule has 0 saturated heterocycles. The molecular weight excluding hydrogens is 575 g/mol. The highest BCUT2D eigenvalue weighted by Gasteiger charge is 2.40. The van der Waals surface area contributed by atoms with Crippen LogP contribution in [0.3, 0.4) is 0 Å². The number of methoxy groups -OCH3 is 3. The second kappa shape index (κ2) is 14.6. The number of halogens is 1. The Kier molecular flexibility index (Phi) is 12.2. The molecule has 0 unspecified atom stereocenters. The van der Waals surface area contributed by atoms with Gasteiger partial charge in [-0.2, -0.15) is 0 Å². The van der Waals surface area contributed by atoms with Gasteiger partial charge in [0, 0.05) is 39.3 Å². The van der Waals surface area contributed by atoms with Crippen LogP contribution in [-0.2, 0) is 25.7 Å². The lowest BCUT2D eigenvalue weighted by molar-refractivity contribution is -0.143. The van der Waals surface area contributed by atoms with Crippen LogP contribution in [0.15, 0.2) is 23.8 Å². The smallest absolute Gasteiger partial charge is 0.248 e. The van der Waals surface area contributed by atoms with E-state index in [-0.39, 0.29) is 51.8 Å². The standard InChI is InChI=1S/C23H33IN2O9/c1-32-7-5-26(20(29)13-33-2)17-10-15(23(31)25-4-6-27)11-18(21(17)30)35-22-16(24)8-14(12-28)9-19(22)34-3/h8-9,11,17-18,21,27-28,30H,4-7,10,12-13H2,1-3H3,(H,25,31)/t17-,18+,21+/m1/s1. The summed E-state index contributed by atoms with van der Waals surface area (Å²) in [6, 6.07) is 2.53. The summed E-state index contributed by atoms with van der Waals surface area (Å²) in [5.74, 6) is -0.133. The Morgan fingerprint density at radius 1 is 1.20 bits per heavy atom. The second-order valence-electron chi connectivity index (χ2n) is 7.80. The number of aliphatic hydroxyl groups is 3. The molecule has 12 heteroatoms. The number of rotatable bonds is 13. The SMILES string of the molecule is COCCN(C(=O)COC)[C@@H]1CC(C(=O)NCCO)=C[C@H](Oc2c(I)cc(CO)cc2OC)[C@H]1O. The monoisotopic (exact) mass is 608 g/mol. The van der Waals surface area contributed by atoms with E-state index in [0.717, 1.165) is 0 Å². The topological polar surface area (TPSA) is 147 Å². The fraction of sp³-hybridized carbons (Fsp3) is 0.565. The highest BCUT2D eigenvalue weighted by molar-refractivity contribution is 14.1. The molecule has 1 aliphatic rings. The van der Waals surface area contributed by atoms with E-state index in [1.54, 1.807) is 12.1 Å². The van der Waals surface area contributed by atoms with Crippen LogP contribution in [-0.4, -0.2) is 105 Å². The largest absolute Gasteiger partial charge is 0.493 e. The Labute approximate surface area is 218 Å². The minimum absolute atomic E-state index is 0.0548. The van der Waals surface area contributed by atoms with Gasteiger partial charge < -0.3 is 44.5 Å². The summed E-state index contributed by atoms with van der Waals surface area (Å²) >= 11 is 2.03. The molecule has 0 aliphatic heterocycles. The van der Waals surface area contributed by atoms with Gasteiger partial charge in [0.25, 0.3) is 0 Å². The summed E-state index contributed by atoms with van der Waals surface area (Å²) in [6.45, 7) is -0.184. The van der Waals surface area contributed by atoms with Crippen LogP contribution in [0.4, 0.5) is 0 Å². The average Bonchev–Trinajstić information content (AvgIpc) is 2.85. The van der Waals surface area contributed by atoms with Gasteiger partial charge in [0.1, 0.15) is 18.8 Å². The predicted molar refractivity (Wildman–Crippen MR) is 134 cm³/mol. The number of benzene rings is 1. The van der Waals surface area contributed by atoms with Crippen LogP contribution in [0.2, 0.25) is 0 Å². The molecule has 2 rings (SSSR count). The average molecular weight is 608 g/mol. The third kappa shape index (κ3) is 7.75. The fourth-order valence-corrected chi connectivity index (χ4v) is 4.56. The number of hydrogen-bond donors (Lipinski definition) is 4. The highest BCUT2D eigenvalue weighted by atomic mass is 127. The quantitative estimate of drug-likeness (QED) is 0.224. The van der Waals surface area contributed by atoms with Crippen molar-refractivity contribution < 1.29 is 43.9 Å². The van der Waals surface area contributed by atoms with E-state index in [2.05, 4.69) is 5.32 Å². The first-order chi connectivity index (χ1) is 16.8. The normalized spacial score (nSPS) is 19.6. The van der Waals surface area contributed by atoms with Crippen LogP contribution in [0.25, 0.3) is 0 Å². The van der Waals surface area contributed by atoms with Crippen LogP contribution in [0.5, 0.6) is 11.5 Å². The van der Waals surface area contributed by atoms with Crippen LogP contribution < -0.4 is 14.8 Å². The van der Waals surface area contributed by atoms with Gasteiger partial charge in [0.2, 0.25) is 11.8 Å². The van der Waals surface area contributed by atoms with E-state index in [4.69, 9.17) is 24.1 Å². The molecule has 0 fully saturated rings. The summed E-state index contributed by atoms with van der Waals surface area (Å²) in [5, 5.41) is 32.5. The minimum atomic E-state index is -1.19. The number of nitrogens with one attached hydrogen (secondary N) is 1. The molecule has 0 radical (unpaired) electrons. The summed E-state index contributed by atoms with van der Waals surface area (Å²) < 4.78 is 22.4. The van der Waals surface area contributed by atoms with Crippen molar-refractivity contribution >= 4 is 34.4 Å². The lowest BCUT2D eigenvalue weighted by Crippen LogP contribution is -2.56. The van der Waals surface area contributed by atoms with Gasteiger partial charge >= 0.3 is 0 Å². The maximum atomic E-state index is 12.8. The molecule has 11 nitrogen and oxygen atoms in total. The third-order valence-corrected chi connectivity index (χ3v) is 6.27. The van der Waals surface area contributed by atoms with Crippen molar-refractivity contribution in [1.29, 1.82) is 0 Å². The predicted octanol–water partition coefficient (Wildman–Crippen LogP) is -0.171. The van der Waals surface area contributed by atoms with Crippen molar-refractivity contribution in [2.24, 2.45) is 0 Å². The summed E-state index contributed by atoms with van der Waals surface area (Å²) in [5.41, 5.74) is 0.920. The van der Waals surface area contributed by atoms with Crippen molar-refractivity contribution in [2.45, 2.75) is 31.3 Å².